The van der Waals surface area contributed by atoms with Gasteiger partial charge in [0.25, 0.3) is 5.89 Å². The Labute approximate surface area is 185 Å². The summed E-state index contributed by atoms with van der Waals surface area (Å²) in [6, 6.07) is 35.4. The fourth-order valence-electron chi connectivity index (χ4n) is 4.28. The Morgan fingerprint density at radius 2 is 1.09 bits per heavy atom. The zero-order valence-electron chi connectivity index (χ0n) is 17.2. The zero-order chi connectivity index (χ0) is 21.3. The summed E-state index contributed by atoms with van der Waals surface area (Å²) >= 11 is 0. The van der Waals surface area contributed by atoms with Crippen LogP contribution < -0.4 is 0 Å². The van der Waals surface area contributed by atoms with E-state index < -0.39 is 0 Å². The van der Waals surface area contributed by atoms with E-state index in [-0.39, 0.29) is 0 Å². The quantitative estimate of drug-likeness (QED) is 0.293. The summed E-state index contributed by atoms with van der Waals surface area (Å²) in [7, 11) is 0. The van der Waals surface area contributed by atoms with Crippen LogP contribution in [0.25, 0.3) is 56.0 Å². The van der Waals surface area contributed by atoms with Crippen molar-refractivity contribution in [3.63, 3.8) is 0 Å². The van der Waals surface area contributed by atoms with E-state index in [1.807, 2.05) is 24.3 Å². The molecule has 3 nitrogen and oxygen atoms in total. The van der Waals surface area contributed by atoms with Gasteiger partial charge in [0.05, 0.1) is 6.20 Å². The molecule has 6 aromatic rings. The van der Waals surface area contributed by atoms with E-state index in [9.17, 15) is 0 Å². The van der Waals surface area contributed by atoms with Crippen molar-refractivity contribution in [1.82, 2.24) is 4.98 Å². The topological polar surface area (TPSA) is 39.2 Å². The number of nitrogens with zero attached hydrogens (tertiary/aromatic N) is 1. The molecular weight excluding hydrogens is 394 g/mol. The van der Waals surface area contributed by atoms with Crippen molar-refractivity contribution in [2.24, 2.45) is 0 Å². The van der Waals surface area contributed by atoms with Crippen LogP contribution in [0.3, 0.4) is 0 Å². The number of rotatable bonds is 4. The van der Waals surface area contributed by atoms with E-state index in [2.05, 4.69) is 83.8 Å². The third-order valence-corrected chi connectivity index (χ3v) is 5.71. The van der Waals surface area contributed by atoms with Gasteiger partial charge in [0.2, 0.25) is 0 Å². The highest BCUT2D eigenvalue weighted by molar-refractivity contribution is 6.07. The number of aromatic nitrogens is 1. The summed E-state index contributed by atoms with van der Waals surface area (Å²) in [4.78, 5) is 4.34. The fourth-order valence-corrected chi connectivity index (χ4v) is 4.28. The molecule has 0 spiro atoms. The third kappa shape index (κ3) is 3.03. The molecule has 0 fully saturated rings. The first-order valence-corrected chi connectivity index (χ1v) is 10.6. The van der Waals surface area contributed by atoms with Gasteiger partial charge in [-0.05, 0) is 22.3 Å². The lowest BCUT2D eigenvalue weighted by Crippen LogP contribution is -1.89. The molecule has 0 aliphatic heterocycles. The Hall–Kier alpha value is -4.37. The van der Waals surface area contributed by atoms with E-state index in [0.29, 0.717) is 11.7 Å². The summed E-state index contributed by atoms with van der Waals surface area (Å²) < 4.78 is 12.2. The average Bonchev–Trinajstić information content (AvgIpc) is 3.53. The Bertz CT molecular complexity index is 1440. The maximum atomic E-state index is 6.56. The van der Waals surface area contributed by atoms with Crippen LogP contribution in [0.4, 0.5) is 0 Å². The van der Waals surface area contributed by atoms with E-state index in [1.165, 1.54) is 0 Å². The molecule has 0 bridgehead atoms. The predicted molar refractivity (Wildman–Crippen MR) is 128 cm³/mol. The Balaban J connectivity index is 1.72. The van der Waals surface area contributed by atoms with Crippen molar-refractivity contribution >= 4 is 10.8 Å². The molecule has 0 saturated heterocycles. The van der Waals surface area contributed by atoms with Gasteiger partial charge in [-0.3, -0.25) is 0 Å². The van der Waals surface area contributed by atoms with Crippen LogP contribution in [0.1, 0.15) is 0 Å². The highest BCUT2D eigenvalue weighted by atomic mass is 16.4. The number of hydrogen-bond acceptors (Lipinski definition) is 3. The monoisotopic (exact) mass is 413 g/mol. The molecule has 0 saturated carbocycles. The van der Waals surface area contributed by atoms with Crippen LogP contribution in [-0.4, -0.2) is 4.98 Å². The molecule has 0 unspecified atom stereocenters. The van der Waals surface area contributed by atoms with Crippen LogP contribution >= 0.6 is 0 Å². The van der Waals surface area contributed by atoms with Crippen LogP contribution in [0.2, 0.25) is 0 Å². The van der Waals surface area contributed by atoms with E-state index in [4.69, 9.17) is 8.83 Å². The summed E-state index contributed by atoms with van der Waals surface area (Å²) in [6.45, 7) is 0. The van der Waals surface area contributed by atoms with Crippen LogP contribution in [-0.2, 0) is 0 Å². The number of furan rings is 1. The van der Waals surface area contributed by atoms with Crippen molar-refractivity contribution in [3.05, 3.63) is 116 Å². The fraction of sp³-hybridized carbons (Fsp3) is 0. The van der Waals surface area contributed by atoms with Gasteiger partial charge >= 0.3 is 0 Å². The van der Waals surface area contributed by atoms with E-state index >= 15 is 0 Å². The normalized spacial score (nSPS) is 11.1. The summed E-state index contributed by atoms with van der Waals surface area (Å²) in [6.07, 6.45) is 3.21. The maximum absolute atomic E-state index is 6.56. The second-order valence-corrected chi connectivity index (χ2v) is 7.60. The van der Waals surface area contributed by atoms with Gasteiger partial charge in [-0.15, -0.1) is 0 Å². The molecule has 0 N–H and O–H groups in total. The Morgan fingerprint density at radius 1 is 0.531 bits per heavy atom. The molecule has 152 valence electrons. The van der Waals surface area contributed by atoms with Crippen LogP contribution in [0, 0.1) is 0 Å². The SMILES string of the molecule is c1ccc(-c2cccc(-c3ccccc3)c2-c2oc(-c3ncco3)c3ccccc23)cc1. The third-order valence-electron chi connectivity index (χ3n) is 5.71. The summed E-state index contributed by atoms with van der Waals surface area (Å²) in [5.74, 6) is 1.93. The predicted octanol–water partition coefficient (Wildman–Crippen LogP) is 8.09. The minimum Gasteiger partial charge on any atom is -0.450 e. The summed E-state index contributed by atoms with van der Waals surface area (Å²) in [5.41, 5.74) is 5.56. The van der Waals surface area contributed by atoms with Crippen molar-refractivity contribution in [2.75, 3.05) is 0 Å². The number of fused-ring (bicyclic) bond motifs is 1. The lowest BCUT2D eigenvalue weighted by Gasteiger charge is -2.14. The number of hydrogen-bond donors (Lipinski definition) is 0. The smallest absolute Gasteiger partial charge is 0.263 e. The van der Waals surface area contributed by atoms with Gasteiger partial charge in [-0.2, -0.15) is 0 Å². The van der Waals surface area contributed by atoms with Gasteiger partial charge in [-0.25, -0.2) is 4.98 Å². The van der Waals surface area contributed by atoms with Crippen molar-refractivity contribution < 1.29 is 8.83 Å². The van der Waals surface area contributed by atoms with Gasteiger partial charge in [0.15, 0.2) is 5.76 Å². The van der Waals surface area contributed by atoms with Gasteiger partial charge < -0.3 is 8.83 Å². The molecule has 32 heavy (non-hydrogen) atoms. The molecule has 3 heteroatoms. The molecule has 2 aromatic heterocycles. The molecule has 0 aliphatic carbocycles. The number of benzene rings is 4. The highest BCUT2D eigenvalue weighted by Crippen LogP contribution is 2.46. The first kappa shape index (κ1) is 18.4. The molecule has 0 aliphatic rings. The summed E-state index contributed by atoms with van der Waals surface area (Å²) in [5, 5.41) is 2.01. The molecule has 0 amide bonds. The second kappa shape index (κ2) is 7.71. The molecule has 0 radical (unpaired) electrons. The molecular formula is C29H19NO2. The molecule has 0 atom stereocenters. The minimum absolute atomic E-state index is 0.478. The molecule has 4 aromatic carbocycles. The van der Waals surface area contributed by atoms with E-state index in [0.717, 1.165) is 44.3 Å². The Kier molecular flexibility index (Phi) is 4.43. The highest BCUT2D eigenvalue weighted by Gasteiger charge is 2.23. The van der Waals surface area contributed by atoms with Crippen LogP contribution in [0.5, 0.6) is 0 Å². The first-order chi connectivity index (χ1) is 15.9. The molecule has 2 heterocycles. The lowest BCUT2D eigenvalue weighted by atomic mass is 9.89. The lowest BCUT2D eigenvalue weighted by molar-refractivity contribution is 0.526. The largest absolute Gasteiger partial charge is 0.450 e. The Morgan fingerprint density at radius 3 is 1.66 bits per heavy atom. The van der Waals surface area contributed by atoms with Crippen molar-refractivity contribution in [3.8, 4) is 45.2 Å². The van der Waals surface area contributed by atoms with Crippen molar-refractivity contribution in [1.29, 1.82) is 0 Å². The number of oxazole rings is 1. The van der Waals surface area contributed by atoms with Gasteiger partial charge in [0.1, 0.15) is 12.0 Å². The van der Waals surface area contributed by atoms with Gasteiger partial charge in [0, 0.05) is 16.3 Å². The van der Waals surface area contributed by atoms with Crippen LogP contribution in [0.15, 0.2) is 124 Å². The average molecular weight is 413 g/mol. The second-order valence-electron chi connectivity index (χ2n) is 7.60. The first-order valence-electron chi connectivity index (χ1n) is 10.6. The van der Waals surface area contributed by atoms with Gasteiger partial charge in [-0.1, -0.05) is 103 Å². The minimum atomic E-state index is 0.478. The zero-order valence-corrected chi connectivity index (χ0v) is 17.2. The maximum Gasteiger partial charge on any atom is 0.263 e. The van der Waals surface area contributed by atoms with Crippen molar-refractivity contribution in [2.45, 2.75) is 0 Å². The standard InChI is InChI=1S/C29H19NO2/c1-3-10-20(11-4-1)22-16-9-17-23(21-12-5-2-6-13-21)26(22)27-24-14-7-8-15-25(24)28(32-27)29-30-18-19-31-29/h1-19H. The van der Waals surface area contributed by atoms with E-state index in [1.54, 1.807) is 12.5 Å². The molecule has 6 rings (SSSR count).